The Morgan fingerprint density at radius 1 is 1.33 bits per heavy atom. The highest BCUT2D eigenvalue weighted by atomic mass is 16.5. The zero-order valence-corrected chi connectivity index (χ0v) is 10.1. The molecule has 0 aliphatic rings. The quantitative estimate of drug-likeness (QED) is 0.824. The molecule has 0 aliphatic heterocycles. The number of ether oxygens (including phenoxy) is 1. The summed E-state index contributed by atoms with van der Waals surface area (Å²) >= 11 is 0. The number of hydrogen-bond donors (Lipinski definition) is 1. The molecule has 0 saturated carbocycles. The fraction of sp³-hybridized carbons (Fsp3) is 0.538. The topological polar surface area (TPSA) is 35.2 Å². The van der Waals surface area contributed by atoms with Gasteiger partial charge in [0.05, 0.1) is 7.11 Å². The predicted molar refractivity (Wildman–Crippen MR) is 64.6 cm³/mol. The molecule has 0 aliphatic carbocycles. The van der Waals surface area contributed by atoms with Gasteiger partial charge in [-0.15, -0.1) is 0 Å². The molecule has 15 heavy (non-hydrogen) atoms. The van der Waals surface area contributed by atoms with Crippen LogP contribution in [0, 0.1) is 13.8 Å². The molecular weight excluding hydrogens is 186 g/mol. The van der Waals surface area contributed by atoms with E-state index in [2.05, 4.69) is 32.9 Å². The van der Waals surface area contributed by atoms with Crippen LogP contribution < -0.4 is 10.5 Å². The Hall–Kier alpha value is -1.02. The van der Waals surface area contributed by atoms with Crippen LogP contribution in [0.3, 0.4) is 0 Å². The number of rotatable bonds is 4. The van der Waals surface area contributed by atoms with E-state index in [1.54, 1.807) is 7.11 Å². The van der Waals surface area contributed by atoms with Gasteiger partial charge in [0.15, 0.2) is 0 Å². The highest BCUT2D eigenvalue weighted by molar-refractivity contribution is 5.45. The van der Waals surface area contributed by atoms with Crippen LogP contribution in [0.5, 0.6) is 5.75 Å². The van der Waals surface area contributed by atoms with Crippen LogP contribution in [0.15, 0.2) is 12.1 Å². The lowest BCUT2D eigenvalue weighted by atomic mass is 9.92. The second-order valence-electron chi connectivity index (χ2n) is 4.05. The van der Waals surface area contributed by atoms with E-state index in [0.29, 0.717) is 12.5 Å². The number of benzene rings is 1. The van der Waals surface area contributed by atoms with Crippen LogP contribution in [0.2, 0.25) is 0 Å². The van der Waals surface area contributed by atoms with E-state index in [4.69, 9.17) is 10.5 Å². The normalized spacial score (nSPS) is 12.6. The van der Waals surface area contributed by atoms with Crippen LogP contribution in [0.4, 0.5) is 0 Å². The summed E-state index contributed by atoms with van der Waals surface area (Å²) in [5.74, 6) is 1.40. The van der Waals surface area contributed by atoms with Crippen molar-refractivity contribution in [2.75, 3.05) is 13.7 Å². The molecule has 1 atom stereocenters. The van der Waals surface area contributed by atoms with Gasteiger partial charge in [-0.05, 0) is 43.9 Å². The van der Waals surface area contributed by atoms with Crippen molar-refractivity contribution in [3.63, 3.8) is 0 Å². The van der Waals surface area contributed by atoms with Crippen molar-refractivity contribution in [3.05, 3.63) is 28.8 Å². The molecule has 84 valence electrons. The van der Waals surface area contributed by atoms with Gasteiger partial charge >= 0.3 is 0 Å². The summed E-state index contributed by atoms with van der Waals surface area (Å²) in [6.45, 7) is 7.03. The van der Waals surface area contributed by atoms with Gasteiger partial charge in [-0.3, -0.25) is 0 Å². The number of nitrogens with two attached hydrogens (primary N) is 1. The van der Waals surface area contributed by atoms with Crippen LogP contribution in [-0.4, -0.2) is 13.7 Å². The van der Waals surface area contributed by atoms with Gasteiger partial charge in [-0.2, -0.15) is 0 Å². The summed E-state index contributed by atoms with van der Waals surface area (Å²) in [6, 6.07) is 4.33. The summed E-state index contributed by atoms with van der Waals surface area (Å²) in [5.41, 5.74) is 9.50. The molecule has 0 radical (unpaired) electrons. The van der Waals surface area contributed by atoms with E-state index in [1.165, 1.54) is 16.7 Å². The maximum absolute atomic E-state index is 5.78. The third-order valence-corrected chi connectivity index (χ3v) is 2.87. The molecule has 2 N–H and O–H groups in total. The summed E-state index contributed by atoms with van der Waals surface area (Å²) in [4.78, 5) is 0. The van der Waals surface area contributed by atoms with Crippen molar-refractivity contribution in [2.45, 2.75) is 33.1 Å². The van der Waals surface area contributed by atoms with Crippen LogP contribution in [-0.2, 0) is 0 Å². The molecule has 0 amide bonds. The minimum atomic E-state index is 0.401. The molecular formula is C13H21NO. The third kappa shape index (κ3) is 2.51. The lowest BCUT2D eigenvalue weighted by Gasteiger charge is -2.19. The van der Waals surface area contributed by atoms with Crippen LogP contribution in [0.1, 0.15) is 36.0 Å². The SMILES string of the molecule is CCC(CN)c1cc(C)cc(C)c1OC. The first-order chi connectivity index (χ1) is 7.13. The highest BCUT2D eigenvalue weighted by Gasteiger charge is 2.15. The zero-order valence-electron chi connectivity index (χ0n) is 10.1. The second kappa shape index (κ2) is 5.17. The van der Waals surface area contributed by atoms with E-state index in [9.17, 15) is 0 Å². The molecule has 2 nitrogen and oxygen atoms in total. The average Bonchev–Trinajstić information content (AvgIpc) is 2.19. The van der Waals surface area contributed by atoms with Crippen molar-refractivity contribution in [2.24, 2.45) is 5.73 Å². The van der Waals surface area contributed by atoms with Gasteiger partial charge in [0.2, 0.25) is 0 Å². The molecule has 0 aromatic heterocycles. The Labute approximate surface area is 92.4 Å². The Morgan fingerprint density at radius 2 is 2.00 bits per heavy atom. The molecule has 2 heteroatoms. The van der Waals surface area contributed by atoms with Crippen molar-refractivity contribution in [1.82, 2.24) is 0 Å². The van der Waals surface area contributed by atoms with E-state index >= 15 is 0 Å². The lowest BCUT2D eigenvalue weighted by Crippen LogP contribution is -2.13. The standard InChI is InChI=1S/C13H21NO/c1-5-11(8-14)12-7-9(2)6-10(3)13(12)15-4/h6-7,11H,5,8,14H2,1-4H3. The van der Waals surface area contributed by atoms with Crippen molar-refractivity contribution in [3.8, 4) is 5.75 Å². The average molecular weight is 207 g/mol. The molecule has 1 rings (SSSR count). The molecule has 0 saturated heterocycles. The van der Waals surface area contributed by atoms with E-state index in [1.807, 2.05) is 0 Å². The van der Waals surface area contributed by atoms with Crippen LogP contribution >= 0.6 is 0 Å². The monoisotopic (exact) mass is 207 g/mol. The molecule has 1 aromatic carbocycles. The number of aryl methyl sites for hydroxylation is 2. The van der Waals surface area contributed by atoms with Crippen molar-refractivity contribution >= 4 is 0 Å². The largest absolute Gasteiger partial charge is 0.496 e. The number of hydrogen-bond acceptors (Lipinski definition) is 2. The third-order valence-electron chi connectivity index (χ3n) is 2.87. The van der Waals surface area contributed by atoms with Gasteiger partial charge in [0.1, 0.15) is 5.75 Å². The van der Waals surface area contributed by atoms with E-state index in [0.717, 1.165) is 12.2 Å². The Kier molecular flexibility index (Phi) is 4.15. The Balaban J connectivity index is 3.24. The highest BCUT2D eigenvalue weighted by Crippen LogP contribution is 2.32. The van der Waals surface area contributed by atoms with Gasteiger partial charge in [-0.25, -0.2) is 0 Å². The fourth-order valence-corrected chi connectivity index (χ4v) is 2.08. The Bertz CT molecular complexity index is 330. The minimum Gasteiger partial charge on any atom is -0.496 e. The Morgan fingerprint density at radius 3 is 2.47 bits per heavy atom. The molecule has 1 unspecified atom stereocenters. The van der Waals surface area contributed by atoms with Gasteiger partial charge in [0, 0.05) is 0 Å². The smallest absolute Gasteiger partial charge is 0.125 e. The zero-order chi connectivity index (χ0) is 11.4. The fourth-order valence-electron chi connectivity index (χ4n) is 2.08. The first kappa shape index (κ1) is 12.1. The molecule has 0 fully saturated rings. The number of methoxy groups -OCH3 is 1. The molecule has 1 aromatic rings. The first-order valence-electron chi connectivity index (χ1n) is 5.49. The first-order valence-corrected chi connectivity index (χ1v) is 5.49. The van der Waals surface area contributed by atoms with Gasteiger partial charge in [0.25, 0.3) is 0 Å². The summed E-state index contributed by atoms with van der Waals surface area (Å²) in [5, 5.41) is 0. The van der Waals surface area contributed by atoms with E-state index < -0.39 is 0 Å². The summed E-state index contributed by atoms with van der Waals surface area (Å²) in [7, 11) is 1.73. The van der Waals surface area contributed by atoms with Crippen LogP contribution in [0.25, 0.3) is 0 Å². The minimum absolute atomic E-state index is 0.401. The maximum atomic E-state index is 5.78. The predicted octanol–water partition coefficient (Wildman–Crippen LogP) is 2.76. The van der Waals surface area contributed by atoms with Gasteiger partial charge in [-0.1, -0.05) is 24.6 Å². The summed E-state index contributed by atoms with van der Waals surface area (Å²) < 4.78 is 5.46. The summed E-state index contributed by atoms with van der Waals surface area (Å²) in [6.07, 6.45) is 1.05. The molecule has 0 bridgehead atoms. The van der Waals surface area contributed by atoms with Crippen molar-refractivity contribution < 1.29 is 4.74 Å². The van der Waals surface area contributed by atoms with Gasteiger partial charge < -0.3 is 10.5 Å². The van der Waals surface area contributed by atoms with Crippen molar-refractivity contribution in [1.29, 1.82) is 0 Å². The molecule has 0 spiro atoms. The van der Waals surface area contributed by atoms with E-state index in [-0.39, 0.29) is 0 Å². The maximum Gasteiger partial charge on any atom is 0.125 e. The second-order valence-corrected chi connectivity index (χ2v) is 4.05. The lowest BCUT2D eigenvalue weighted by molar-refractivity contribution is 0.401. The molecule has 0 heterocycles.